The Kier molecular flexibility index (Phi) is 4.70. The number of Topliss-reactive ketones (excluding diaryl/α,β-unsaturated/α-hetero) is 1. The number of unbranched alkanes of at least 4 members (excludes halogenated alkanes) is 1. The van der Waals surface area contributed by atoms with Crippen molar-refractivity contribution in [3.05, 3.63) is 69.1 Å². The van der Waals surface area contributed by atoms with Gasteiger partial charge in [0.1, 0.15) is 0 Å². The molecule has 0 bridgehead atoms. The summed E-state index contributed by atoms with van der Waals surface area (Å²) in [7, 11) is 0. The molecule has 0 aliphatic carbocycles. The molecule has 0 spiro atoms. The molecule has 2 aromatic rings. The molecule has 0 N–H and O–H groups in total. The zero-order chi connectivity index (χ0) is 15.5. The van der Waals surface area contributed by atoms with Crippen LogP contribution in [0.1, 0.15) is 41.3 Å². The first-order valence-corrected chi connectivity index (χ1v) is 8.71. The number of halogens is 1. The maximum atomic E-state index is 12.5. The van der Waals surface area contributed by atoms with Gasteiger partial charge >= 0.3 is 0 Å². The second kappa shape index (κ2) is 6.72. The van der Waals surface area contributed by atoms with Crippen molar-refractivity contribution in [1.29, 1.82) is 0 Å². The molecule has 1 nitrogen and oxygen atoms in total. The van der Waals surface area contributed by atoms with E-state index in [2.05, 4.69) is 6.92 Å². The molecule has 22 heavy (non-hydrogen) atoms. The lowest BCUT2D eigenvalue weighted by Crippen LogP contribution is -1.96. The Labute approximate surface area is 140 Å². The van der Waals surface area contributed by atoms with Crippen molar-refractivity contribution in [3.63, 3.8) is 0 Å². The summed E-state index contributed by atoms with van der Waals surface area (Å²) in [4.78, 5) is 14.2. The quantitative estimate of drug-likeness (QED) is 0.639. The van der Waals surface area contributed by atoms with Gasteiger partial charge in [-0.25, -0.2) is 0 Å². The molecule has 1 aliphatic heterocycles. The molecule has 0 saturated carbocycles. The van der Waals surface area contributed by atoms with Gasteiger partial charge in [0, 0.05) is 10.5 Å². The second-order valence-corrected chi connectivity index (χ2v) is 6.80. The van der Waals surface area contributed by atoms with Gasteiger partial charge in [-0.15, -0.1) is 0 Å². The third kappa shape index (κ3) is 2.99. The van der Waals surface area contributed by atoms with Gasteiger partial charge in [0.2, 0.25) is 5.78 Å². The highest BCUT2D eigenvalue weighted by atomic mass is 35.5. The number of fused-ring (bicyclic) bond motifs is 1. The zero-order valence-electron chi connectivity index (χ0n) is 12.4. The minimum atomic E-state index is 0.0767. The molecule has 0 atom stereocenters. The van der Waals surface area contributed by atoms with Crippen LogP contribution in [-0.2, 0) is 6.42 Å². The van der Waals surface area contributed by atoms with E-state index < -0.39 is 0 Å². The molecule has 2 aromatic carbocycles. The fraction of sp³-hybridized carbons (Fsp3) is 0.211. The van der Waals surface area contributed by atoms with Crippen LogP contribution in [0.3, 0.4) is 0 Å². The normalized spacial score (nSPS) is 15.4. The predicted octanol–water partition coefficient (Wildman–Crippen LogP) is 6.01. The summed E-state index contributed by atoms with van der Waals surface area (Å²) in [6.45, 7) is 2.17. The molecule has 1 heterocycles. The highest BCUT2D eigenvalue weighted by Crippen LogP contribution is 2.46. The van der Waals surface area contributed by atoms with Crippen LogP contribution in [-0.4, -0.2) is 5.78 Å². The van der Waals surface area contributed by atoms with Crippen molar-refractivity contribution in [1.82, 2.24) is 0 Å². The summed E-state index contributed by atoms with van der Waals surface area (Å²) in [5, 5.41) is 0.751. The van der Waals surface area contributed by atoms with Gasteiger partial charge in [0.25, 0.3) is 0 Å². The largest absolute Gasteiger partial charge is 0.288 e. The standard InChI is InChI=1S/C19H17ClOS/c1-2-3-9-14-10-11-15-18(21)16(22-19(15)17(14)20)12-13-7-5-4-6-8-13/h4-8,10-12H,2-3,9H2,1H3. The summed E-state index contributed by atoms with van der Waals surface area (Å²) in [6, 6.07) is 13.8. The van der Waals surface area contributed by atoms with Crippen molar-refractivity contribution in [2.24, 2.45) is 0 Å². The van der Waals surface area contributed by atoms with E-state index >= 15 is 0 Å². The molecular weight excluding hydrogens is 312 g/mol. The Morgan fingerprint density at radius 3 is 2.64 bits per heavy atom. The molecule has 3 heteroatoms. The van der Waals surface area contributed by atoms with Gasteiger partial charge in [-0.05, 0) is 36.1 Å². The molecule has 112 valence electrons. The Balaban J connectivity index is 1.93. The smallest absolute Gasteiger partial charge is 0.200 e. The number of carbonyl (C=O) groups is 1. The first kappa shape index (κ1) is 15.4. The topological polar surface area (TPSA) is 17.1 Å². The Bertz CT molecular complexity index is 735. The van der Waals surface area contributed by atoms with E-state index in [1.165, 1.54) is 11.8 Å². The molecule has 0 fully saturated rings. The maximum Gasteiger partial charge on any atom is 0.200 e. The predicted molar refractivity (Wildman–Crippen MR) is 94.7 cm³/mol. The molecule has 0 unspecified atom stereocenters. The van der Waals surface area contributed by atoms with Crippen molar-refractivity contribution >= 4 is 35.2 Å². The van der Waals surface area contributed by atoms with E-state index in [4.69, 9.17) is 11.6 Å². The van der Waals surface area contributed by atoms with Crippen molar-refractivity contribution < 1.29 is 4.79 Å². The minimum absolute atomic E-state index is 0.0767. The van der Waals surface area contributed by atoms with Crippen LogP contribution in [0, 0.1) is 0 Å². The number of benzene rings is 2. The summed E-state index contributed by atoms with van der Waals surface area (Å²) in [6.07, 6.45) is 5.16. The molecule has 3 rings (SSSR count). The summed E-state index contributed by atoms with van der Waals surface area (Å²) in [5.41, 5.74) is 2.91. The van der Waals surface area contributed by atoms with E-state index in [-0.39, 0.29) is 5.78 Å². The molecule has 1 aliphatic rings. The highest BCUT2D eigenvalue weighted by Gasteiger charge is 2.28. The Hall–Kier alpha value is -1.51. The van der Waals surface area contributed by atoms with E-state index in [9.17, 15) is 4.79 Å². The average Bonchev–Trinajstić information content (AvgIpc) is 2.85. The molecule has 0 saturated heterocycles. The van der Waals surface area contributed by atoms with Gasteiger partial charge in [-0.1, -0.05) is 73.1 Å². The monoisotopic (exact) mass is 328 g/mol. The maximum absolute atomic E-state index is 12.5. The number of ketones is 1. The third-order valence-electron chi connectivity index (χ3n) is 3.75. The number of carbonyl (C=O) groups excluding carboxylic acids is 1. The zero-order valence-corrected chi connectivity index (χ0v) is 14.0. The minimum Gasteiger partial charge on any atom is -0.288 e. The van der Waals surface area contributed by atoms with Crippen molar-refractivity contribution in [2.45, 2.75) is 31.1 Å². The van der Waals surface area contributed by atoms with Gasteiger partial charge < -0.3 is 0 Å². The van der Waals surface area contributed by atoms with Gasteiger partial charge in [-0.2, -0.15) is 0 Å². The van der Waals surface area contributed by atoms with E-state index in [1.54, 1.807) is 0 Å². The molecule has 0 aromatic heterocycles. The van der Waals surface area contributed by atoms with Crippen LogP contribution in [0.5, 0.6) is 0 Å². The SMILES string of the molecule is CCCCc1ccc2c(c1Cl)SC(=Cc1ccccc1)C2=O. The van der Waals surface area contributed by atoms with Crippen molar-refractivity contribution in [3.8, 4) is 0 Å². The van der Waals surface area contributed by atoms with E-state index in [1.807, 2.05) is 48.5 Å². The number of hydrogen-bond donors (Lipinski definition) is 0. The molecule has 0 amide bonds. The van der Waals surface area contributed by atoms with E-state index in [0.717, 1.165) is 50.8 Å². The summed E-state index contributed by atoms with van der Waals surface area (Å²) < 4.78 is 0. The van der Waals surface area contributed by atoms with Crippen LogP contribution < -0.4 is 0 Å². The van der Waals surface area contributed by atoms with Crippen LogP contribution in [0.2, 0.25) is 5.02 Å². The van der Waals surface area contributed by atoms with Crippen LogP contribution >= 0.6 is 23.4 Å². The van der Waals surface area contributed by atoms with Crippen LogP contribution in [0.25, 0.3) is 6.08 Å². The van der Waals surface area contributed by atoms with Gasteiger partial charge in [0.05, 0.1) is 9.93 Å². The second-order valence-electron chi connectivity index (χ2n) is 5.37. The van der Waals surface area contributed by atoms with E-state index in [0.29, 0.717) is 0 Å². The number of hydrogen-bond acceptors (Lipinski definition) is 2. The summed E-state index contributed by atoms with van der Waals surface area (Å²) >= 11 is 8.02. The fourth-order valence-electron chi connectivity index (χ4n) is 2.52. The number of rotatable bonds is 4. The van der Waals surface area contributed by atoms with Crippen LogP contribution in [0.15, 0.2) is 52.3 Å². The fourth-order valence-corrected chi connectivity index (χ4v) is 4.00. The first-order chi connectivity index (χ1) is 10.7. The van der Waals surface area contributed by atoms with Gasteiger partial charge in [0.15, 0.2) is 0 Å². The lowest BCUT2D eigenvalue weighted by atomic mass is 10.0. The Morgan fingerprint density at radius 2 is 1.91 bits per heavy atom. The molecule has 0 radical (unpaired) electrons. The first-order valence-electron chi connectivity index (χ1n) is 7.51. The van der Waals surface area contributed by atoms with Gasteiger partial charge in [-0.3, -0.25) is 4.79 Å². The number of thioether (sulfide) groups is 1. The van der Waals surface area contributed by atoms with Crippen LogP contribution in [0.4, 0.5) is 0 Å². The van der Waals surface area contributed by atoms with Crippen molar-refractivity contribution in [2.75, 3.05) is 0 Å². The average molecular weight is 329 g/mol. The Morgan fingerprint density at radius 1 is 1.14 bits per heavy atom. The molecular formula is C19H17ClOS. The lowest BCUT2D eigenvalue weighted by molar-refractivity contribution is 0.104. The summed E-state index contributed by atoms with van der Waals surface area (Å²) in [5.74, 6) is 0.0767. The number of allylic oxidation sites excluding steroid dienone is 1. The lowest BCUT2D eigenvalue weighted by Gasteiger charge is -2.06. The highest BCUT2D eigenvalue weighted by molar-refractivity contribution is 8.05. The third-order valence-corrected chi connectivity index (χ3v) is 5.45. The number of aryl methyl sites for hydroxylation is 1.